The molecule has 6 nitrogen and oxygen atoms in total. The molecule has 0 aromatic rings. The van der Waals surface area contributed by atoms with Crippen molar-refractivity contribution in [1.82, 2.24) is 15.5 Å². The van der Waals surface area contributed by atoms with E-state index in [1.165, 1.54) is 5.57 Å². The van der Waals surface area contributed by atoms with Crippen molar-refractivity contribution in [3.8, 4) is 0 Å². The maximum atomic E-state index is 12.8. The number of nitrogens with one attached hydrogen (secondary N) is 2. The third kappa shape index (κ3) is 2.12. The minimum absolute atomic E-state index is 0.0299. The van der Waals surface area contributed by atoms with Crippen molar-refractivity contribution in [3.63, 3.8) is 0 Å². The Morgan fingerprint density at radius 2 is 2.00 bits per heavy atom. The van der Waals surface area contributed by atoms with Crippen molar-refractivity contribution in [2.45, 2.75) is 39.7 Å². The van der Waals surface area contributed by atoms with Crippen LogP contribution in [0.4, 0.5) is 4.79 Å². The van der Waals surface area contributed by atoms with Crippen molar-refractivity contribution in [3.05, 3.63) is 11.6 Å². The fraction of sp³-hybridized carbons (Fsp3) is 0.688. The van der Waals surface area contributed by atoms with Crippen molar-refractivity contribution in [1.29, 1.82) is 0 Å². The lowest BCUT2D eigenvalue weighted by atomic mass is 9.99. The predicted molar refractivity (Wildman–Crippen MR) is 80.8 cm³/mol. The number of rotatable bonds is 2. The van der Waals surface area contributed by atoms with Crippen LogP contribution >= 0.6 is 0 Å². The molecule has 1 saturated carbocycles. The molecule has 2 aliphatic heterocycles. The van der Waals surface area contributed by atoms with Crippen LogP contribution in [0.15, 0.2) is 11.6 Å². The number of urea groups is 1. The molecule has 3 fully saturated rings. The largest absolute Gasteiger partial charge is 0.339 e. The van der Waals surface area contributed by atoms with Gasteiger partial charge in [0.1, 0.15) is 5.54 Å². The minimum Gasteiger partial charge on any atom is -0.339 e. The van der Waals surface area contributed by atoms with Crippen molar-refractivity contribution < 1.29 is 14.4 Å². The predicted octanol–water partition coefficient (Wildman–Crippen LogP) is 1.04. The average Bonchev–Trinajstić information content (AvgIpc) is 2.75. The smallest absolute Gasteiger partial charge is 0.322 e. The monoisotopic (exact) mass is 305 g/mol. The van der Waals surface area contributed by atoms with Gasteiger partial charge in [0.25, 0.3) is 5.91 Å². The molecule has 0 radical (unpaired) electrons. The first-order valence-electron chi connectivity index (χ1n) is 7.75. The maximum absolute atomic E-state index is 12.8. The lowest BCUT2D eigenvalue weighted by Crippen LogP contribution is -2.49. The third-order valence-corrected chi connectivity index (χ3v) is 5.29. The van der Waals surface area contributed by atoms with Gasteiger partial charge in [-0.05, 0) is 31.6 Å². The molecule has 0 unspecified atom stereocenters. The molecule has 6 heteroatoms. The molecule has 3 aliphatic rings. The number of amides is 4. The first kappa shape index (κ1) is 15.1. The molecule has 4 amide bonds. The van der Waals surface area contributed by atoms with Gasteiger partial charge in [-0.3, -0.25) is 14.9 Å². The van der Waals surface area contributed by atoms with Crippen molar-refractivity contribution >= 4 is 17.8 Å². The number of hydrogen-bond acceptors (Lipinski definition) is 3. The van der Waals surface area contributed by atoms with Crippen LogP contribution in [0.5, 0.6) is 0 Å². The molecule has 2 N–H and O–H groups in total. The molecule has 2 saturated heterocycles. The summed E-state index contributed by atoms with van der Waals surface area (Å²) in [4.78, 5) is 37.8. The van der Waals surface area contributed by atoms with Gasteiger partial charge in [-0.15, -0.1) is 0 Å². The Labute approximate surface area is 130 Å². The second-order valence-corrected chi connectivity index (χ2v) is 7.57. The summed E-state index contributed by atoms with van der Waals surface area (Å²) in [6, 6.07) is -0.464. The van der Waals surface area contributed by atoms with Crippen molar-refractivity contribution in [2.24, 2.45) is 17.3 Å². The normalized spacial score (nSPS) is 35.4. The van der Waals surface area contributed by atoms with Crippen LogP contribution in [0.3, 0.4) is 0 Å². The van der Waals surface area contributed by atoms with E-state index in [0.717, 1.165) is 0 Å². The molecule has 2 heterocycles. The first-order valence-corrected chi connectivity index (χ1v) is 7.75. The van der Waals surface area contributed by atoms with Crippen LogP contribution in [0, 0.1) is 17.3 Å². The second-order valence-electron chi connectivity index (χ2n) is 7.57. The number of nitrogens with zero attached hydrogens (tertiary/aromatic N) is 1. The number of imide groups is 1. The van der Waals surface area contributed by atoms with Gasteiger partial charge in [0.05, 0.1) is 12.5 Å². The standard InChI is InChI=1S/C16H23N3O3/c1-9(2)7-10-11(15(10,3)4)12(20)19-6-5-16(8-19)13(21)17-14(22)18-16/h7,10-11H,5-6,8H2,1-4H3,(H2,17,18,21,22)/t10-,11+,16-/m1/s1. The molecule has 0 aromatic heterocycles. The fourth-order valence-corrected chi connectivity index (χ4v) is 3.83. The second kappa shape index (κ2) is 4.57. The molecule has 0 aromatic carbocycles. The molecule has 3 atom stereocenters. The number of allylic oxidation sites excluding steroid dienone is 2. The molecule has 3 rings (SSSR count). The molecule has 1 aliphatic carbocycles. The summed E-state index contributed by atoms with van der Waals surface area (Å²) in [5.41, 5.74) is 0.261. The van der Waals surface area contributed by atoms with Gasteiger partial charge in [0.15, 0.2) is 0 Å². The Morgan fingerprint density at radius 3 is 2.55 bits per heavy atom. The van der Waals surface area contributed by atoms with E-state index in [2.05, 4.69) is 30.6 Å². The fourth-order valence-electron chi connectivity index (χ4n) is 3.83. The number of carbonyl (C=O) groups is 3. The summed E-state index contributed by atoms with van der Waals surface area (Å²) in [5, 5.41) is 4.95. The Hall–Kier alpha value is -1.85. The Balaban J connectivity index is 1.72. The van der Waals surface area contributed by atoms with E-state index < -0.39 is 11.6 Å². The van der Waals surface area contributed by atoms with Gasteiger partial charge < -0.3 is 10.2 Å². The molecular weight excluding hydrogens is 282 g/mol. The van der Waals surface area contributed by atoms with E-state index in [0.29, 0.717) is 13.0 Å². The first-order chi connectivity index (χ1) is 10.2. The summed E-state index contributed by atoms with van der Waals surface area (Å²) in [7, 11) is 0. The molecular formula is C16H23N3O3. The van der Waals surface area contributed by atoms with Gasteiger partial charge in [0, 0.05) is 6.54 Å². The van der Waals surface area contributed by atoms with Crippen LogP contribution in [0.1, 0.15) is 34.1 Å². The lowest BCUT2D eigenvalue weighted by molar-refractivity contribution is -0.133. The van der Waals surface area contributed by atoms with Crippen LogP contribution in [0.2, 0.25) is 0 Å². The highest BCUT2D eigenvalue weighted by Crippen LogP contribution is 2.60. The van der Waals surface area contributed by atoms with Gasteiger partial charge in [0.2, 0.25) is 5.91 Å². The van der Waals surface area contributed by atoms with E-state index in [4.69, 9.17) is 0 Å². The zero-order valence-electron chi connectivity index (χ0n) is 13.5. The van der Waals surface area contributed by atoms with E-state index in [1.807, 2.05) is 13.8 Å². The van der Waals surface area contributed by atoms with Crippen molar-refractivity contribution in [2.75, 3.05) is 13.1 Å². The lowest BCUT2D eigenvalue weighted by Gasteiger charge is -2.21. The quantitative estimate of drug-likeness (QED) is 0.591. The van der Waals surface area contributed by atoms with Crippen LogP contribution in [-0.2, 0) is 9.59 Å². The zero-order valence-corrected chi connectivity index (χ0v) is 13.5. The van der Waals surface area contributed by atoms with Gasteiger partial charge >= 0.3 is 6.03 Å². The average molecular weight is 305 g/mol. The summed E-state index contributed by atoms with van der Waals surface area (Å²) < 4.78 is 0. The van der Waals surface area contributed by atoms with Crippen LogP contribution < -0.4 is 10.6 Å². The highest BCUT2D eigenvalue weighted by molar-refractivity contribution is 6.07. The summed E-state index contributed by atoms with van der Waals surface area (Å²) in [6.45, 7) is 9.08. The third-order valence-electron chi connectivity index (χ3n) is 5.29. The maximum Gasteiger partial charge on any atom is 0.322 e. The highest BCUT2D eigenvalue weighted by Gasteiger charge is 2.63. The van der Waals surface area contributed by atoms with E-state index in [9.17, 15) is 14.4 Å². The van der Waals surface area contributed by atoms with Gasteiger partial charge in [-0.2, -0.15) is 0 Å². The number of hydrogen-bond donors (Lipinski definition) is 2. The Bertz CT molecular complexity index is 591. The summed E-state index contributed by atoms with van der Waals surface area (Å²) in [6.07, 6.45) is 2.65. The number of carbonyl (C=O) groups excluding carboxylic acids is 3. The SMILES string of the molecule is CC(C)=C[C@@H]1[C@@H](C(=O)N2CC[C@]3(C2)NC(=O)NC3=O)C1(C)C. The van der Waals surface area contributed by atoms with E-state index in [1.54, 1.807) is 4.90 Å². The highest BCUT2D eigenvalue weighted by atomic mass is 16.2. The molecule has 0 bridgehead atoms. The Kier molecular flexibility index (Phi) is 3.13. The molecule has 1 spiro atoms. The molecule has 120 valence electrons. The van der Waals surface area contributed by atoms with E-state index >= 15 is 0 Å². The topological polar surface area (TPSA) is 78.5 Å². The van der Waals surface area contributed by atoms with Gasteiger partial charge in [-0.1, -0.05) is 25.5 Å². The van der Waals surface area contributed by atoms with Gasteiger partial charge in [-0.25, -0.2) is 4.79 Å². The summed E-state index contributed by atoms with van der Waals surface area (Å²) in [5.74, 6) is 0.00768. The number of likely N-dealkylation sites (tertiary alicyclic amines) is 1. The van der Waals surface area contributed by atoms with E-state index in [-0.39, 0.29) is 35.6 Å². The molecule has 22 heavy (non-hydrogen) atoms. The van der Waals surface area contributed by atoms with Crippen LogP contribution in [-0.4, -0.2) is 41.4 Å². The van der Waals surface area contributed by atoms with Crippen LogP contribution in [0.25, 0.3) is 0 Å². The summed E-state index contributed by atoms with van der Waals surface area (Å²) >= 11 is 0. The zero-order chi connectivity index (χ0) is 16.3. The minimum atomic E-state index is -0.919. The Morgan fingerprint density at radius 1 is 1.32 bits per heavy atom.